The lowest BCUT2D eigenvalue weighted by Gasteiger charge is -2.20. The number of likely N-dealkylation sites (tertiary alicyclic amines) is 1. The first-order chi connectivity index (χ1) is 15.0. The van der Waals surface area contributed by atoms with E-state index >= 15 is 0 Å². The predicted molar refractivity (Wildman–Crippen MR) is 125 cm³/mol. The van der Waals surface area contributed by atoms with Gasteiger partial charge in [0.25, 0.3) is 5.91 Å². The molecule has 2 heterocycles. The fraction of sp³-hybridized carbons (Fsp3) is 0.320. The second-order valence-corrected chi connectivity index (χ2v) is 8.19. The average molecular weight is 417 g/mol. The van der Waals surface area contributed by atoms with Crippen molar-refractivity contribution in [1.82, 2.24) is 9.88 Å². The number of nitrogens with one attached hydrogen (secondary N) is 2. The Morgan fingerprint density at radius 3 is 2.16 bits per heavy atom. The first-order valence-corrected chi connectivity index (χ1v) is 10.8. The van der Waals surface area contributed by atoms with Crippen LogP contribution >= 0.6 is 0 Å². The van der Waals surface area contributed by atoms with Gasteiger partial charge >= 0.3 is 6.03 Å². The van der Waals surface area contributed by atoms with E-state index in [-0.39, 0.29) is 11.9 Å². The Morgan fingerprint density at radius 1 is 0.839 bits per heavy atom. The van der Waals surface area contributed by atoms with Crippen molar-refractivity contribution < 1.29 is 9.59 Å². The highest BCUT2D eigenvalue weighted by molar-refractivity contribution is 6.12. The first-order valence-electron chi connectivity index (χ1n) is 10.8. The van der Waals surface area contributed by atoms with Gasteiger partial charge in [0.2, 0.25) is 0 Å². The molecule has 3 amide bonds. The maximum Gasteiger partial charge on any atom is 0.321 e. The van der Waals surface area contributed by atoms with Gasteiger partial charge < -0.3 is 15.5 Å². The molecular weight excluding hydrogens is 388 g/mol. The molecule has 2 N–H and O–H groups in total. The van der Waals surface area contributed by atoms with Gasteiger partial charge in [-0.3, -0.25) is 9.78 Å². The number of amides is 3. The minimum atomic E-state index is -0.178. The summed E-state index contributed by atoms with van der Waals surface area (Å²) < 4.78 is 0. The number of aromatic nitrogens is 1. The normalized spacial score (nSPS) is 14.2. The zero-order valence-corrected chi connectivity index (χ0v) is 18.1. The van der Waals surface area contributed by atoms with E-state index in [0.717, 1.165) is 48.1 Å². The number of hydrogen-bond acceptors (Lipinski definition) is 3. The van der Waals surface area contributed by atoms with Crippen molar-refractivity contribution in [3.8, 4) is 0 Å². The Balaban J connectivity index is 1.45. The van der Waals surface area contributed by atoms with Crippen LogP contribution in [0.1, 0.15) is 47.3 Å². The summed E-state index contributed by atoms with van der Waals surface area (Å²) in [5.41, 5.74) is 4.68. The summed E-state index contributed by atoms with van der Waals surface area (Å²) in [6.07, 6.45) is 4.48. The van der Waals surface area contributed by atoms with Gasteiger partial charge in [0.05, 0.1) is 11.1 Å². The lowest BCUT2D eigenvalue weighted by molar-refractivity contribution is 0.102. The van der Waals surface area contributed by atoms with Crippen molar-refractivity contribution in [2.24, 2.45) is 0 Å². The minimum Gasteiger partial charge on any atom is -0.325 e. The SMILES string of the molecule is Cc1ccc2nc(C)cc(C(=O)Nc3ccc(NC(=O)N4CCCCCC4)cc3)c2c1. The van der Waals surface area contributed by atoms with E-state index in [9.17, 15) is 9.59 Å². The molecule has 160 valence electrons. The molecule has 1 aromatic heterocycles. The molecule has 0 saturated carbocycles. The van der Waals surface area contributed by atoms with Gasteiger partial charge in [-0.25, -0.2) is 4.79 Å². The smallest absolute Gasteiger partial charge is 0.321 e. The lowest BCUT2D eigenvalue weighted by Crippen LogP contribution is -2.35. The van der Waals surface area contributed by atoms with Crippen molar-refractivity contribution in [2.45, 2.75) is 39.5 Å². The standard InChI is InChI=1S/C25H28N4O2/c1-17-7-12-23-21(15-17)22(16-18(2)26-23)24(30)27-19-8-10-20(11-9-19)28-25(31)29-13-5-3-4-6-14-29/h7-12,15-16H,3-6,13-14H2,1-2H3,(H,27,30)(H,28,31). The Labute approximate surface area is 182 Å². The van der Waals surface area contributed by atoms with Gasteiger partial charge in [-0.05, 0) is 69.2 Å². The highest BCUT2D eigenvalue weighted by Gasteiger charge is 2.16. The summed E-state index contributed by atoms with van der Waals surface area (Å²) in [5, 5.41) is 6.75. The molecule has 2 aromatic carbocycles. The molecule has 4 rings (SSSR count). The summed E-state index contributed by atoms with van der Waals surface area (Å²) in [5.74, 6) is -0.178. The van der Waals surface area contributed by atoms with Gasteiger partial charge in [0, 0.05) is 35.5 Å². The number of fused-ring (bicyclic) bond motifs is 1. The van der Waals surface area contributed by atoms with Crippen LogP contribution in [0.2, 0.25) is 0 Å². The fourth-order valence-corrected chi connectivity index (χ4v) is 3.97. The molecule has 1 aliphatic rings. The summed E-state index contributed by atoms with van der Waals surface area (Å²) >= 11 is 0. The molecule has 1 aliphatic heterocycles. The second kappa shape index (κ2) is 9.16. The fourth-order valence-electron chi connectivity index (χ4n) is 3.97. The maximum atomic E-state index is 13.0. The lowest BCUT2D eigenvalue weighted by atomic mass is 10.0. The molecule has 0 aliphatic carbocycles. The number of benzene rings is 2. The third-order valence-electron chi connectivity index (χ3n) is 5.62. The van der Waals surface area contributed by atoms with Crippen LogP contribution < -0.4 is 10.6 Å². The number of hydrogen-bond donors (Lipinski definition) is 2. The summed E-state index contributed by atoms with van der Waals surface area (Å²) in [6.45, 7) is 5.50. The number of pyridine rings is 1. The molecular formula is C25H28N4O2. The van der Waals surface area contributed by atoms with E-state index in [2.05, 4.69) is 15.6 Å². The second-order valence-electron chi connectivity index (χ2n) is 8.19. The number of carbonyl (C=O) groups is 2. The molecule has 6 heteroatoms. The molecule has 0 unspecified atom stereocenters. The van der Waals surface area contributed by atoms with Gasteiger partial charge in [-0.15, -0.1) is 0 Å². The highest BCUT2D eigenvalue weighted by Crippen LogP contribution is 2.22. The number of anilines is 2. The quantitative estimate of drug-likeness (QED) is 0.591. The van der Waals surface area contributed by atoms with Crippen LogP contribution in [0.15, 0.2) is 48.5 Å². The average Bonchev–Trinajstić information content (AvgIpc) is 3.04. The zero-order chi connectivity index (χ0) is 21.8. The van der Waals surface area contributed by atoms with Crippen LogP contribution in [0.4, 0.5) is 16.2 Å². The largest absolute Gasteiger partial charge is 0.325 e. The van der Waals surface area contributed by atoms with Crippen LogP contribution in [0.5, 0.6) is 0 Å². The third-order valence-corrected chi connectivity index (χ3v) is 5.62. The predicted octanol–water partition coefficient (Wildman–Crippen LogP) is 5.51. The van der Waals surface area contributed by atoms with Gasteiger partial charge in [0.15, 0.2) is 0 Å². The van der Waals surface area contributed by atoms with Gasteiger partial charge in [-0.2, -0.15) is 0 Å². The van der Waals surface area contributed by atoms with E-state index in [0.29, 0.717) is 16.9 Å². The summed E-state index contributed by atoms with van der Waals surface area (Å²) in [6, 6.07) is 14.9. The number of carbonyl (C=O) groups excluding carboxylic acids is 2. The summed E-state index contributed by atoms with van der Waals surface area (Å²) in [7, 11) is 0. The molecule has 1 fully saturated rings. The van der Waals surface area contributed by atoms with Crippen molar-refractivity contribution in [3.63, 3.8) is 0 Å². The number of urea groups is 1. The Hall–Kier alpha value is -3.41. The van der Waals surface area contributed by atoms with Crippen molar-refractivity contribution in [2.75, 3.05) is 23.7 Å². The Morgan fingerprint density at radius 2 is 1.48 bits per heavy atom. The van der Waals surface area contributed by atoms with Crippen molar-refractivity contribution in [3.05, 3.63) is 65.4 Å². The van der Waals surface area contributed by atoms with Crippen LogP contribution in [-0.2, 0) is 0 Å². The molecule has 0 atom stereocenters. The van der Waals surface area contributed by atoms with E-state index < -0.39 is 0 Å². The molecule has 6 nitrogen and oxygen atoms in total. The van der Waals surface area contributed by atoms with E-state index in [1.54, 1.807) is 12.1 Å². The van der Waals surface area contributed by atoms with Gasteiger partial charge in [-0.1, -0.05) is 24.5 Å². The van der Waals surface area contributed by atoms with Gasteiger partial charge in [0.1, 0.15) is 0 Å². The van der Waals surface area contributed by atoms with Crippen LogP contribution in [0, 0.1) is 13.8 Å². The Bertz CT molecular complexity index is 1100. The highest BCUT2D eigenvalue weighted by atomic mass is 16.2. The zero-order valence-electron chi connectivity index (χ0n) is 18.1. The number of rotatable bonds is 3. The topological polar surface area (TPSA) is 74.3 Å². The van der Waals surface area contributed by atoms with Crippen LogP contribution in [-0.4, -0.2) is 34.9 Å². The number of nitrogens with zero attached hydrogens (tertiary/aromatic N) is 2. The van der Waals surface area contributed by atoms with E-state index in [1.807, 2.05) is 55.1 Å². The molecule has 0 spiro atoms. The minimum absolute atomic E-state index is 0.0622. The third kappa shape index (κ3) is 5.02. The molecule has 31 heavy (non-hydrogen) atoms. The first kappa shape index (κ1) is 20.8. The number of aryl methyl sites for hydroxylation is 2. The van der Waals surface area contributed by atoms with E-state index in [1.165, 1.54) is 12.8 Å². The van der Waals surface area contributed by atoms with Crippen molar-refractivity contribution in [1.29, 1.82) is 0 Å². The molecule has 1 saturated heterocycles. The summed E-state index contributed by atoms with van der Waals surface area (Å²) in [4.78, 5) is 31.9. The van der Waals surface area contributed by atoms with E-state index in [4.69, 9.17) is 0 Å². The molecule has 3 aromatic rings. The van der Waals surface area contributed by atoms with Crippen LogP contribution in [0.3, 0.4) is 0 Å². The monoisotopic (exact) mass is 416 g/mol. The maximum absolute atomic E-state index is 13.0. The molecule has 0 bridgehead atoms. The Kier molecular flexibility index (Phi) is 6.16. The molecule has 0 radical (unpaired) electrons. The van der Waals surface area contributed by atoms with Crippen molar-refractivity contribution >= 4 is 34.2 Å². The van der Waals surface area contributed by atoms with Crippen LogP contribution in [0.25, 0.3) is 10.9 Å².